The molecule has 0 saturated carbocycles. The van der Waals surface area contributed by atoms with E-state index in [9.17, 15) is 4.79 Å². The summed E-state index contributed by atoms with van der Waals surface area (Å²) in [5.41, 5.74) is 8.63. The maximum Gasteiger partial charge on any atom is 0.258 e. The molecule has 3 aromatic rings. The minimum absolute atomic E-state index is 0.0452. The van der Waals surface area contributed by atoms with Crippen LogP contribution in [0.3, 0.4) is 0 Å². The molecule has 0 fully saturated rings. The molecule has 0 radical (unpaired) electrons. The lowest BCUT2D eigenvalue weighted by molar-refractivity contribution is 0.206. The Kier molecular flexibility index (Phi) is 5.00. The average Bonchev–Trinajstić information content (AvgIpc) is 2.57. The van der Waals surface area contributed by atoms with Crippen LogP contribution in [0.25, 0.3) is 21.7 Å². The van der Waals surface area contributed by atoms with E-state index in [-0.39, 0.29) is 5.56 Å². The first-order chi connectivity index (χ1) is 12.6. The van der Waals surface area contributed by atoms with Crippen LogP contribution >= 0.6 is 0 Å². The summed E-state index contributed by atoms with van der Waals surface area (Å²) in [6.07, 6.45) is 2.66. The normalized spacial score (nSPS) is 14.1. The second-order valence-electron chi connectivity index (χ2n) is 8.36. The van der Waals surface area contributed by atoms with Gasteiger partial charge in [-0.2, -0.15) is 0 Å². The monoisotopic (exact) mass is 367 g/mol. The Labute approximate surface area is 160 Å². The SMILES string of the molecule is Cc1cc2c(cc1OCC(C)(N)CC(C)C)c(=O)n(C)c1c(C)nccc21. The zero-order valence-electron chi connectivity index (χ0n) is 17.1. The number of nitrogens with two attached hydrogens (primary N) is 1. The first-order valence-electron chi connectivity index (χ1n) is 9.41. The Morgan fingerprint density at radius 2 is 1.93 bits per heavy atom. The van der Waals surface area contributed by atoms with Crippen LogP contribution in [0.5, 0.6) is 5.75 Å². The molecule has 5 heteroatoms. The second kappa shape index (κ2) is 6.97. The minimum atomic E-state index is -0.410. The molecule has 2 heterocycles. The van der Waals surface area contributed by atoms with Gasteiger partial charge in [0, 0.05) is 24.2 Å². The summed E-state index contributed by atoms with van der Waals surface area (Å²) in [7, 11) is 1.79. The maximum absolute atomic E-state index is 13.0. The lowest BCUT2D eigenvalue weighted by Gasteiger charge is -2.27. The maximum atomic E-state index is 13.0. The van der Waals surface area contributed by atoms with Crippen LogP contribution in [0.1, 0.15) is 38.4 Å². The molecule has 0 spiro atoms. The number of pyridine rings is 2. The predicted octanol–water partition coefficient (Wildman–Crippen LogP) is 3.85. The van der Waals surface area contributed by atoms with Crippen LogP contribution in [0, 0.1) is 19.8 Å². The standard InChI is InChI=1S/C22H29N3O2/c1-13(2)11-22(5,23)12-27-19-10-18-17(9-14(19)3)16-7-8-24-15(4)20(16)25(6)21(18)26/h7-10,13H,11-12,23H2,1-6H3. The molecule has 5 nitrogen and oxygen atoms in total. The fraction of sp³-hybridized carbons (Fsp3) is 0.455. The number of hydrogen-bond donors (Lipinski definition) is 1. The van der Waals surface area contributed by atoms with Crippen molar-refractivity contribution in [2.45, 2.75) is 46.6 Å². The number of aromatic nitrogens is 2. The summed E-state index contributed by atoms with van der Waals surface area (Å²) < 4.78 is 7.73. The van der Waals surface area contributed by atoms with Crippen molar-refractivity contribution in [1.82, 2.24) is 9.55 Å². The number of rotatable bonds is 5. The van der Waals surface area contributed by atoms with E-state index < -0.39 is 5.54 Å². The quantitative estimate of drug-likeness (QED) is 0.696. The van der Waals surface area contributed by atoms with E-state index in [1.54, 1.807) is 17.8 Å². The highest BCUT2D eigenvalue weighted by molar-refractivity contribution is 6.06. The Bertz CT molecular complexity index is 1060. The summed E-state index contributed by atoms with van der Waals surface area (Å²) in [5.74, 6) is 1.21. The molecular weight excluding hydrogens is 338 g/mol. The molecule has 0 aliphatic rings. The molecule has 144 valence electrons. The number of benzene rings is 1. The third kappa shape index (κ3) is 3.69. The van der Waals surface area contributed by atoms with Gasteiger partial charge in [-0.05, 0) is 62.3 Å². The summed E-state index contributed by atoms with van der Waals surface area (Å²) in [6.45, 7) is 10.6. The van der Waals surface area contributed by atoms with Crippen LogP contribution in [-0.2, 0) is 7.05 Å². The Balaban J connectivity index is 2.11. The highest BCUT2D eigenvalue weighted by atomic mass is 16.5. The van der Waals surface area contributed by atoms with E-state index in [1.165, 1.54) is 0 Å². The van der Waals surface area contributed by atoms with Gasteiger partial charge in [-0.15, -0.1) is 0 Å². The number of aryl methyl sites for hydroxylation is 3. The van der Waals surface area contributed by atoms with Crippen molar-refractivity contribution in [2.75, 3.05) is 6.61 Å². The van der Waals surface area contributed by atoms with Crippen molar-refractivity contribution in [3.63, 3.8) is 0 Å². The molecular formula is C22H29N3O2. The molecule has 3 rings (SSSR count). The topological polar surface area (TPSA) is 70.1 Å². The molecule has 0 amide bonds. The van der Waals surface area contributed by atoms with E-state index in [0.717, 1.165) is 34.0 Å². The lowest BCUT2D eigenvalue weighted by Crippen LogP contribution is -2.43. The molecule has 0 aliphatic heterocycles. The number of nitrogens with zero attached hydrogens (tertiary/aromatic N) is 2. The van der Waals surface area contributed by atoms with Gasteiger partial charge in [0.1, 0.15) is 12.4 Å². The van der Waals surface area contributed by atoms with Crippen molar-refractivity contribution in [2.24, 2.45) is 18.7 Å². The molecule has 0 saturated heterocycles. The lowest BCUT2D eigenvalue weighted by atomic mass is 9.93. The first-order valence-corrected chi connectivity index (χ1v) is 9.41. The smallest absolute Gasteiger partial charge is 0.258 e. The van der Waals surface area contributed by atoms with Crippen LogP contribution in [0.2, 0.25) is 0 Å². The van der Waals surface area contributed by atoms with Gasteiger partial charge in [-0.3, -0.25) is 9.78 Å². The van der Waals surface area contributed by atoms with Crippen LogP contribution in [0.4, 0.5) is 0 Å². The van der Waals surface area contributed by atoms with Gasteiger partial charge in [0.25, 0.3) is 5.56 Å². The fourth-order valence-corrected chi connectivity index (χ4v) is 3.96. The van der Waals surface area contributed by atoms with Crippen LogP contribution in [0.15, 0.2) is 29.2 Å². The van der Waals surface area contributed by atoms with E-state index in [2.05, 4.69) is 18.8 Å². The minimum Gasteiger partial charge on any atom is -0.491 e. The zero-order valence-corrected chi connectivity index (χ0v) is 17.1. The van der Waals surface area contributed by atoms with Crippen LogP contribution < -0.4 is 16.0 Å². The molecule has 0 bridgehead atoms. The number of hydrogen-bond acceptors (Lipinski definition) is 4. The molecule has 2 N–H and O–H groups in total. The van der Waals surface area contributed by atoms with E-state index in [1.807, 2.05) is 39.0 Å². The van der Waals surface area contributed by atoms with Gasteiger partial charge in [0.05, 0.1) is 16.6 Å². The largest absolute Gasteiger partial charge is 0.491 e. The summed E-state index contributed by atoms with van der Waals surface area (Å²) in [5, 5.41) is 2.61. The second-order valence-corrected chi connectivity index (χ2v) is 8.36. The fourth-order valence-electron chi connectivity index (χ4n) is 3.96. The number of fused-ring (bicyclic) bond motifs is 3. The summed E-state index contributed by atoms with van der Waals surface area (Å²) in [6, 6.07) is 5.85. The molecule has 27 heavy (non-hydrogen) atoms. The average molecular weight is 367 g/mol. The van der Waals surface area contributed by atoms with Gasteiger partial charge >= 0.3 is 0 Å². The van der Waals surface area contributed by atoms with E-state index >= 15 is 0 Å². The van der Waals surface area contributed by atoms with Gasteiger partial charge < -0.3 is 15.0 Å². The molecule has 1 aromatic carbocycles. The highest BCUT2D eigenvalue weighted by Crippen LogP contribution is 2.30. The van der Waals surface area contributed by atoms with Crippen LogP contribution in [-0.4, -0.2) is 21.7 Å². The van der Waals surface area contributed by atoms with Crippen molar-refractivity contribution in [1.29, 1.82) is 0 Å². The van der Waals surface area contributed by atoms with Gasteiger partial charge in [-0.25, -0.2) is 0 Å². The first kappa shape index (κ1) is 19.4. The third-order valence-corrected chi connectivity index (χ3v) is 5.01. The predicted molar refractivity (Wildman–Crippen MR) is 112 cm³/mol. The summed E-state index contributed by atoms with van der Waals surface area (Å²) >= 11 is 0. The van der Waals surface area contributed by atoms with Crippen molar-refractivity contribution in [3.05, 3.63) is 46.0 Å². The molecule has 1 unspecified atom stereocenters. The molecule has 1 atom stereocenters. The zero-order chi connectivity index (χ0) is 19.9. The van der Waals surface area contributed by atoms with E-state index in [4.69, 9.17) is 10.5 Å². The summed E-state index contributed by atoms with van der Waals surface area (Å²) in [4.78, 5) is 17.3. The highest BCUT2D eigenvalue weighted by Gasteiger charge is 2.22. The van der Waals surface area contributed by atoms with Crippen molar-refractivity contribution < 1.29 is 4.74 Å². The van der Waals surface area contributed by atoms with Crippen molar-refractivity contribution in [3.8, 4) is 5.75 Å². The molecule has 2 aromatic heterocycles. The van der Waals surface area contributed by atoms with E-state index in [0.29, 0.717) is 23.7 Å². The van der Waals surface area contributed by atoms with Crippen molar-refractivity contribution >= 4 is 21.7 Å². The Morgan fingerprint density at radius 1 is 1.22 bits per heavy atom. The Hall–Kier alpha value is -2.40. The van der Waals surface area contributed by atoms with Gasteiger partial charge in [-0.1, -0.05) is 13.8 Å². The van der Waals surface area contributed by atoms with Gasteiger partial charge in [0.2, 0.25) is 0 Å². The third-order valence-electron chi connectivity index (χ3n) is 5.01. The number of ether oxygens (including phenoxy) is 1. The molecule has 0 aliphatic carbocycles. The van der Waals surface area contributed by atoms with Gasteiger partial charge in [0.15, 0.2) is 0 Å². The Morgan fingerprint density at radius 3 is 2.59 bits per heavy atom.